The molecule has 3 aromatic carbocycles. The summed E-state index contributed by atoms with van der Waals surface area (Å²) >= 11 is 1.06. The highest BCUT2D eigenvalue weighted by atomic mass is 32.1. The molecule has 2 aliphatic rings. The molecule has 4 aromatic rings. The summed E-state index contributed by atoms with van der Waals surface area (Å²) in [6.07, 6.45) is 0.968. The lowest BCUT2D eigenvalue weighted by Gasteiger charge is -2.25. The van der Waals surface area contributed by atoms with Crippen molar-refractivity contribution in [2.24, 2.45) is 0 Å². The van der Waals surface area contributed by atoms with E-state index in [1.54, 1.807) is 60.7 Å². The van der Waals surface area contributed by atoms with Gasteiger partial charge in [0.1, 0.15) is 17.3 Å². The summed E-state index contributed by atoms with van der Waals surface area (Å²) in [7, 11) is 0. The van der Waals surface area contributed by atoms with Crippen LogP contribution in [-0.2, 0) is 21.7 Å². The minimum absolute atomic E-state index is 0.101. The predicted molar refractivity (Wildman–Crippen MR) is 122 cm³/mol. The number of aromatic nitrogens is 2. The highest BCUT2D eigenvalue weighted by Crippen LogP contribution is 2.46. The second-order valence-corrected chi connectivity index (χ2v) is 8.49. The van der Waals surface area contributed by atoms with Crippen molar-refractivity contribution in [3.63, 3.8) is 0 Å². The van der Waals surface area contributed by atoms with Crippen molar-refractivity contribution in [1.29, 1.82) is 0 Å². The van der Waals surface area contributed by atoms with E-state index in [9.17, 15) is 14.7 Å². The fourth-order valence-electron chi connectivity index (χ4n) is 4.24. The lowest BCUT2D eigenvalue weighted by molar-refractivity contribution is -0.185. The molecule has 2 aliphatic heterocycles. The summed E-state index contributed by atoms with van der Waals surface area (Å²) in [6.45, 7) is 0.101. The Hall–Kier alpha value is -4.08. The van der Waals surface area contributed by atoms with Crippen LogP contribution in [0.2, 0.25) is 0 Å². The van der Waals surface area contributed by atoms with Crippen LogP contribution in [-0.4, -0.2) is 32.9 Å². The number of carbonyl (C=O) groups is 2. The molecule has 0 saturated carbocycles. The number of nitrogens with zero attached hydrogens (tertiary/aromatic N) is 2. The van der Waals surface area contributed by atoms with Gasteiger partial charge in [-0.25, -0.2) is 4.79 Å². The van der Waals surface area contributed by atoms with Gasteiger partial charge in [0.15, 0.2) is 11.5 Å². The maximum Gasteiger partial charge on any atom is 0.342 e. The summed E-state index contributed by atoms with van der Waals surface area (Å²) in [6, 6.07) is 17.2. The van der Waals surface area contributed by atoms with Crippen LogP contribution in [0.4, 0.5) is 0 Å². The van der Waals surface area contributed by atoms with Crippen LogP contribution in [0.3, 0.4) is 0 Å². The third kappa shape index (κ3) is 3.25. The van der Waals surface area contributed by atoms with E-state index in [1.807, 2.05) is 0 Å². The van der Waals surface area contributed by atoms with Crippen LogP contribution >= 0.6 is 11.7 Å². The van der Waals surface area contributed by atoms with Crippen LogP contribution in [0, 0.1) is 0 Å². The van der Waals surface area contributed by atoms with Crippen LogP contribution in [0.25, 0.3) is 16.6 Å². The first-order valence-electron chi connectivity index (χ1n) is 10.4. The number of hydrogen-bond acceptors (Lipinski definition) is 9. The van der Waals surface area contributed by atoms with Crippen molar-refractivity contribution in [3.8, 4) is 11.5 Å². The third-order valence-electron chi connectivity index (χ3n) is 5.96. The van der Waals surface area contributed by atoms with Crippen LogP contribution < -0.4 is 9.47 Å². The van der Waals surface area contributed by atoms with Crippen molar-refractivity contribution in [2.75, 3.05) is 6.79 Å². The third-order valence-corrected chi connectivity index (χ3v) is 6.52. The number of rotatable bonds is 5. The van der Waals surface area contributed by atoms with E-state index in [4.69, 9.17) is 14.2 Å². The monoisotopic (exact) mass is 472 g/mol. The number of aliphatic hydroxyl groups is 1. The van der Waals surface area contributed by atoms with Gasteiger partial charge >= 0.3 is 5.97 Å². The summed E-state index contributed by atoms with van der Waals surface area (Å²) in [5.41, 5.74) is 4.15. The van der Waals surface area contributed by atoms with Crippen LogP contribution in [0.5, 0.6) is 11.5 Å². The second-order valence-electron chi connectivity index (χ2n) is 7.96. The molecule has 1 N–H and O–H groups in total. The molecular formula is C25H16N2O6S. The first-order chi connectivity index (χ1) is 16.5. The van der Waals surface area contributed by atoms with Gasteiger partial charge in [-0.05, 0) is 41.5 Å². The van der Waals surface area contributed by atoms with E-state index >= 15 is 0 Å². The van der Waals surface area contributed by atoms with Gasteiger partial charge in [-0.3, -0.25) is 4.79 Å². The Morgan fingerprint density at radius 2 is 1.76 bits per heavy atom. The molecule has 0 bridgehead atoms. The molecule has 34 heavy (non-hydrogen) atoms. The Bertz CT molecular complexity index is 1490. The number of benzene rings is 3. The maximum absolute atomic E-state index is 13.2. The Morgan fingerprint density at radius 3 is 2.59 bits per heavy atom. The molecule has 8 nitrogen and oxygen atoms in total. The fraction of sp³-hybridized carbons (Fsp3) is 0.120. The largest absolute Gasteiger partial charge is 0.454 e. The van der Waals surface area contributed by atoms with Crippen molar-refractivity contribution >= 4 is 40.6 Å². The average Bonchev–Trinajstić information content (AvgIpc) is 3.57. The molecule has 9 heteroatoms. The van der Waals surface area contributed by atoms with Crippen molar-refractivity contribution < 1.29 is 28.9 Å². The highest BCUT2D eigenvalue weighted by Gasteiger charge is 2.48. The molecule has 0 saturated heterocycles. The van der Waals surface area contributed by atoms with E-state index < -0.39 is 11.8 Å². The normalized spacial score (nSPS) is 19.0. The van der Waals surface area contributed by atoms with Crippen LogP contribution in [0.1, 0.15) is 27.0 Å². The van der Waals surface area contributed by atoms with E-state index in [0.717, 1.165) is 23.6 Å². The summed E-state index contributed by atoms with van der Waals surface area (Å²) in [5.74, 6) is -1.57. The number of cyclic esters (lactones) is 1. The minimum atomic E-state index is -2.01. The first kappa shape index (κ1) is 20.5. The van der Waals surface area contributed by atoms with Gasteiger partial charge in [-0.1, -0.05) is 30.3 Å². The zero-order valence-corrected chi connectivity index (χ0v) is 18.4. The zero-order valence-electron chi connectivity index (χ0n) is 17.6. The average molecular weight is 472 g/mol. The topological polar surface area (TPSA) is 108 Å². The predicted octanol–water partition coefficient (Wildman–Crippen LogP) is 3.63. The molecule has 1 aromatic heterocycles. The highest BCUT2D eigenvalue weighted by molar-refractivity contribution is 7.00. The molecule has 1 atom stereocenters. The van der Waals surface area contributed by atoms with Crippen LogP contribution in [0.15, 0.2) is 66.2 Å². The van der Waals surface area contributed by atoms with Gasteiger partial charge in [0, 0.05) is 23.1 Å². The molecule has 0 radical (unpaired) electrons. The van der Waals surface area contributed by atoms with Gasteiger partial charge in [0.25, 0.3) is 5.79 Å². The smallest absolute Gasteiger partial charge is 0.342 e. The molecule has 0 fully saturated rings. The Balaban J connectivity index is 1.52. The first-order valence-corrected chi connectivity index (χ1v) is 11.1. The number of carbonyl (C=O) groups excluding carboxylic acids is 2. The van der Waals surface area contributed by atoms with Gasteiger partial charge < -0.3 is 19.3 Å². The van der Waals surface area contributed by atoms with E-state index in [0.29, 0.717) is 44.8 Å². The number of hydrogen-bond donors (Lipinski definition) is 1. The van der Waals surface area contributed by atoms with Crippen molar-refractivity contribution in [1.82, 2.24) is 8.75 Å². The van der Waals surface area contributed by atoms with Crippen molar-refractivity contribution in [3.05, 3.63) is 88.5 Å². The molecule has 0 spiro atoms. The van der Waals surface area contributed by atoms with E-state index in [1.165, 1.54) is 0 Å². The fourth-order valence-corrected chi connectivity index (χ4v) is 4.75. The summed E-state index contributed by atoms with van der Waals surface area (Å²) < 4.78 is 25.0. The standard InChI is InChI=1S/C25H16N2O6S/c28-12-15-3-1-14(2-4-15)9-18-23(16-5-8-21-22(10-16)32-13-31-21)24(29)33-25(18,30)17-6-7-19-20(11-17)27-34-26-19/h1-8,10-12,30H,9,13H2. The SMILES string of the molecule is O=Cc1ccc(CC2=C(c3ccc4c(c3)OCO4)C(=O)OC2(O)c2ccc3nsnc3c2)cc1. The zero-order chi connectivity index (χ0) is 23.3. The molecular weight excluding hydrogens is 456 g/mol. The Labute approximate surface area is 197 Å². The van der Waals surface area contributed by atoms with Gasteiger partial charge in [0.2, 0.25) is 6.79 Å². The molecule has 3 heterocycles. The van der Waals surface area contributed by atoms with Gasteiger partial charge in [0.05, 0.1) is 17.3 Å². The molecule has 1 unspecified atom stereocenters. The van der Waals surface area contributed by atoms with Gasteiger partial charge in [-0.2, -0.15) is 8.75 Å². The second kappa shape index (κ2) is 7.75. The minimum Gasteiger partial charge on any atom is -0.454 e. The number of ether oxygens (including phenoxy) is 3. The lowest BCUT2D eigenvalue weighted by atomic mass is 9.87. The van der Waals surface area contributed by atoms with E-state index in [2.05, 4.69) is 8.75 Å². The summed E-state index contributed by atoms with van der Waals surface area (Å²) in [4.78, 5) is 24.3. The maximum atomic E-state index is 13.2. The number of fused-ring (bicyclic) bond motifs is 2. The van der Waals surface area contributed by atoms with Crippen molar-refractivity contribution in [2.45, 2.75) is 12.2 Å². The Morgan fingerprint density at radius 1 is 0.971 bits per heavy atom. The van der Waals surface area contributed by atoms with Gasteiger partial charge in [-0.15, -0.1) is 0 Å². The molecule has 6 rings (SSSR count). The number of esters is 1. The lowest BCUT2D eigenvalue weighted by Crippen LogP contribution is -2.29. The molecule has 0 amide bonds. The summed E-state index contributed by atoms with van der Waals surface area (Å²) in [5, 5.41) is 11.8. The van der Waals surface area contributed by atoms with E-state index in [-0.39, 0.29) is 18.8 Å². The quantitative estimate of drug-likeness (QED) is 0.347. The molecule has 168 valence electrons. The molecule has 0 aliphatic carbocycles. The Kier molecular flexibility index (Phi) is 4.68. The number of aldehydes is 1.